The fourth-order valence-electron chi connectivity index (χ4n) is 2.63. The van der Waals surface area contributed by atoms with Gasteiger partial charge in [0, 0.05) is 4.47 Å². The van der Waals surface area contributed by atoms with Crippen molar-refractivity contribution in [3.05, 3.63) is 61.9 Å². The van der Waals surface area contributed by atoms with Gasteiger partial charge in [-0.2, -0.15) is 0 Å². The van der Waals surface area contributed by atoms with Crippen molar-refractivity contribution >= 4 is 56.5 Å². The number of amides is 2. The second kappa shape index (κ2) is 8.37. The van der Waals surface area contributed by atoms with E-state index in [9.17, 15) is 9.59 Å². The van der Waals surface area contributed by atoms with Crippen LogP contribution in [0.3, 0.4) is 0 Å². The Kier molecular flexibility index (Phi) is 6.14. The largest absolute Gasteiger partial charge is 0.493 e. The molecule has 0 bridgehead atoms. The van der Waals surface area contributed by atoms with Gasteiger partial charge in [-0.1, -0.05) is 39.7 Å². The van der Waals surface area contributed by atoms with E-state index in [1.165, 1.54) is 19.1 Å². The maximum Gasteiger partial charge on any atom is 0.293 e. The number of methoxy groups -OCH3 is 2. The van der Waals surface area contributed by atoms with Crippen LogP contribution in [-0.4, -0.2) is 30.3 Å². The standard InChI is InChI=1S/C19H15BrClNO4S/c1-25-15-8-12(7-14(21)17(15)26-2)9-16-18(23)22(19(24)27-16)10-11-4-3-5-13(20)6-11/h3-9H,10H2,1-2H3/b16-9-. The number of carbonyl (C=O) groups is 2. The molecule has 5 nitrogen and oxygen atoms in total. The number of carbonyl (C=O) groups excluding carboxylic acids is 2. The number of nitrogens with zero attached hydrogens (tertiary/aromatic N) is 1. The highest BCUT2D eigenvalue weighted by Crippen LogP contribution is 2.39. The van der Waals surface area contributed by atoms with Crippen LogP contribution < -0.4 is 9.47 Å². The molecule has 2 amide bonds. The molecule has 140 valence electrons. The van der Waals surface area contributed by atoms with Crippen molar-refractivity contribution in [2.45, 2.75) is 6.54 Å². The van der Waals surface area contributed by atoms with Crippen molar-refractivity contribution in [2.75, 3.05) is 14.2 Å². The molecule has 3 rings (SSSR count). The summed E-state index contributed by atoms with van der Waals surface area (Å²) in [6.07, 6.45) is 1.62. The zero-order valence-electron chi connectivity index (χ0n) is 14.5. The molecular weight excluding hydrogens is 454 g/mol. The molecule has 1 fully saturated rings. The molecule has 1 saturated heterocycles. The van der Waals surface area contributed by atoms with Gasteiger partial charge in [0.1, 0.15) is 0 Å². The minimum atomic E-state index is -0.337. The Morgan fingerprint density at radius 1 is 1.19 bits per heavy atom. The van der Waals surface area contributed by atoms with Gasteiger partial charge in [-0.15, -0.1) is 0 Å². The van der Waals surface area contributed by atoms with Crippen LogP contribution in [0, 0.1) is 0 Å². The SMILES string of the molecule is COc1cc(/C=C2\SC(=O)N(Cc3cccc(Br)c3)C2=O)cc(Cl)c1OC. The lowest BCUT2D eigenvalue weighted by atomic mass is 10.1. The van der Waals surface area contributed by atoms with Crippen LogP contribution in [0.25, 0.3) is 6.08 Å². The lowest BCUT2D eigenvalue weighted by Crippen LogP contribution is -2.27. The number of hydrogen-bond acceptors (Lipinski definition) is 5. The number of thioether (sulfide) groups is 1. The number of rotatable bonds is 5. The van der Waals surface area contributed by atoms with Gasteiger partial charge in [-0.05, 0) is 53.2 Å². The maximum absolute atomic E-state index is 12.7. The first-order valence-corrected chi connectivity index (χ1v) is 9.83. The van der Waals surface area contributed by atoms with E-state index in [1.54, 1.807) is 18.2 Å². The zero-order valence-corrected chi connectivity index (χ0v) is 17.7. The summed E-state index contributed by atoms with van der Waals surface area (Å²) < 4.78 is 11.4. The molecule has 0 aliphatic carbocycles. The number of halogens is 2. The van der Waals surface area contributed by atoms with E-state index in [4.69, 9.17) is 21.1 Å². The highest BCUT2D eigenvalue weighted by molar-refractivity contribution is 9.10. The second-order valence-corrected chi connectivity index (χ2v) is 7.95. The molecule has 1 aliphatic heterocycles. The molecule has 0 spiro atoms. The average Bonchev–Trinajstić information content (AvgIpc) is 2.88. The van der Waals surface area contributed by atoms with Gasteiger partial charge in [0.25, 0.3) is 11.1 Å². The Labute approximate surface area is 174 Å². The second-order valence-electron chi connectivity index (χ2n) is 5.64. The van der Waals surface area contributed by atoms with Gasteiger partial charge in [-0.25, -0.2) is 0 Å². The van der Waals surface area contributed by atoms with Crippen LogP contribution in [0.15, 0.2) is 45.8 Å². The fourth-order valence-corrected chi connectivity index (χ4v) is 4.21. The van der Waals surface area contributed by atoms with Crippen LogP contribution in [-0.2, 0) is 11.3 Å². The lowest BCUT2D eigenvalue weighted by Gasteiger charge is -2.12. The number of hydrogen-bond donors (Lipinski definition) is 0. The van der Waals surface area contributed by atoms with E-state index in [-0.39, 0.29) is 17.7 Å². The molecule has 1 aliphatic rings. The lowest BCUT2D eigenvalue weighted by molar-refractivity contribution is -0.123. The molecule has 0 saturated carbocycles. The Morgan fingerprint density at radius 2 is 1.96 bits per heavy atom. The van der Waals surface area contributed by atoms with Crippen molar-refractivity contribution in [3.8, 4) is 11.5 Å². The number of imide groups is 1. The van der Waals surface area contributed by atoms with Crippen LogP contribution in [0.1, 0.15) is 11.1 Å². The van der Waals surface area contributed by atoms with Gasteiger partial charge in [0.15, 0.2) is 11.5 Å². The minimum Gasteiger partial charge on any atom is -0.493 e. The first kappa shape index (κ1) is 19.8. The van der Waals surface area contributed by atoms with E-state index < -0.39 is 0 Å². The van der Waals surface area contributed by atoms with Crippen molar-refractivity contribution < 1.29 is 19.1 Å². The molecule has 2 aromatic rings. The minimum absolute atomic E-state index is 0.216. The van der Waals surface area contributed by atoms with Crippen LogP contribution in [0.5, 0.6) is 11.5 Å². The van der Waals surface area contributed by atoms with E-state index in [0.717, 1.165) is 21.8 Å². The maximum atomic E-state index is 12.7. The van der Waals surface area contributed by atoms with Crippen LogP contribution >= 0.6 is 39.3 Å². The molecule has 0 aromatic heterocycles. The molecule has 27 heavy (non-hydrogen) atoms. The molecule has 0 atom stereocenters. The Hall–Kier alpha value is -1.96. The third-order valence-corrected chi connectivity index (χ3v) is 5.54. The predicted molar refractivity (Wildman–Crippen MR) is 110 cm³/mol. The summed E-state index contributed by atoms with van der Waals surface area (Å²) >= 11 is 10.5. The van der Waals surface area contributed by atoms with Crippen molar-refractivity contribution in [1.29, 1.82) is 0 Å². The van der Waals surface area contributed by atoms with Crippen molar-refractivity contribution in [2.24, 2.45) is 0 Å². The predicted octanol–water partition coefficient (Wildman–Crippen LogP) is 5.36. The van der Waals surface area contributed by atoms with Crippen molar-refractivity contribution in [1.82, 2.24) is 4.90 Å². The van der Waals surface area contributed by atoms with E-state index in [1.807, 2.05) is 24.3 Å². The summed E-state index contributed by atoms with van der Waals surface area (Å²) in [6, 6.07) is 10.9. The zero-order chi connectivity index (χ0) is 19.6. The first-order chi connectivity index (χ1) is 12.9. The van der Waals surface area contributed by atoms with Crippen LogP contribution in [0.4, 0.5) is 4.79 Å². The third kappa shape index (κ3) is 4.31. The summed E-state index contributed by atoms with van der Waals surface area (Å²) in [4.78, 5) is 26.6. The van der Waals surface area contributed by atoms with E-state index in [0.29, 0.717) is 27.0 Å². The van der Waals surface area contributed by atoms with Gasteiger partial charge < -0.3 is 9.47 Å². The quantitative estimate of drug-likeness (QED) is 0.553. The summed E-state index contributed by atoms with van der Waals surface area (Å²) in [5.74, 6) is 0.527. The molecule has 1 heterocycles. The Balaban J connectivity index is 1.87. The number of benzene rings is 2. The Morgan fingerprint density at radius 3 is 2.63 bits per heavy atom. The molecule has 2 aromatic carbocycles. The van der Waals surface area contributed by atoms with Crippen LogP contribution in [0.2, 0.25) is 5.02 Å². The van der Waals surface area contributed by atoms with Gasteiger partial charge in [0.05, 0.1) is 30.7 Å². The first-order valence-electron chi connectivity index (χ1n) is 7.84. The highest BCUT2D eigenvalue weighted by Gasteiger charge is 2.35. The smallest absolute Gasteiger partial charge is 0.293 e. The average molecular weight is 469 g/mol. The molecular formula is C19H15BrClNO4S. The third-order valence-electron chi connectivity index (χ3n) is 3.86. The molecule has 8 heteroatoms. The van der Waals surface area contributed by atoms with Gasteiger partial charge in [-0.3, -0.25) is 14.5 Å². The molecule has 0 unspecified atom stereocenters. The summed E-state index contributed by atoms with van der Waals surface area (Å²) in [5.41, 5.74) is 1.51. The highest BCUT2D eigenvalue weighted by atomic mass is 79.9. The Bertz CT molecular complexity index is 947. The summed E-state index contributed by atoms with van der Waals surface area (Å²) in [6.45, 7) is 0.216. The molecule has 0 radical (unpaired) electrons. The van der Waals surface area contributed by atoms with Gasteiger partial charge >= 0.3 is 0 Å². The normalized spacial score (nSPS) is 15.6. The van der Waals surface area contributed by atoms with Gasteiger partial charge in [0.2, 0.25) is 0 Å². The number of ether oxygens (including phenoxy) is 2. The monoisotopic (exact) mass is 467 g/mol. The fraction of sp³-hybridized carbons (Fsp3) is 0.158. The summed E-state index contributed by atoms with van der Waals surface area (Å²) in [5, 5.41) is 0.0502. The topological polar surface area (TPSA) is 55.8 Å². The van der Waals surface area contributed by atoms with Crippen molar-refractivity contribution in [3.63, 3.8) is 0 Å². The van der Waals surface area contributed by atoms with E-state index in [2.05, 4.69) is 15.9 Å². The molecule has 0 N–H and O–H groups in total. The van der Waals surface area contributed by atoms with E-state index >= 15 is 0 Å². The summed E-state index contributed by atoms with van der Waals surface area (Å²) in [7, 11) is 3.00.